The summed E-state index contributed by atoms with van der Waals surface area (Å²) in [6.45, 7) is 6.23. The Morgan fingerprint density at radius 2 is 1.82 bits per heavy atom. The first-order valence-electron chi connectivity index (χ1n) is 5.83. The number of rotatable bonds is 4. The number of nitrogens with zero attached hydrogens (tertiary/aromatic N) is 2. The largest absolute Gasteiger partial charge is 0.382 e. The molecule has 1 aromatic carbocycles. The third-order valence-electron chi connectivity index (χ3n) is 2.81. The minimum absolute atomic E-state index is 0.628. The molecular formula is C13H17N3S. The number of hydrogen-bond donors (Lipinski definition) is 1. The second kappa shape index (κ2) is 5.19. The zero-order chi connectivity index (χ0) is 12.3. The van der Waals surface area contributed by atoms with Crippen LogP contribution in [-0.2, 0) is 0 Å². The van der Waals surface area contributed by atoms with E-state index in [9.17, 15) is 0 Å². The van der Waals surface area contributed by atoms with E-state index in [1.807, 2.05) is 18.2 Å². The lowest BCUT2D eigenvalue weighted by Gasteiger charge is -2.20. The fourth-order valence-electron chi connectivity index (χ4n) is 1.90. The molecule has 0 saturated carbocycles. The Labute approximate surface area is 106 Å². The fourth-order valence-corrected chi connectivity index (χ4v) is 2.86. The van der Waals surface area contributed by atoms with Crippen LogP contribution in [0.25, 0.3) is 11.1 Å². The Kier molecular flexibility index (Phi) is 3.64. The molecule has 2 aromatic rings. The molecule has 0 fully saturated rings. The normalized spacial score (nSPS) is 10.5. The van der Waals surface area contributed by atoms with Crippen molar-refractivity contribution in [1.82, 2.24) is 4.37 Å². The maximum atomic E-state index is 5.99. The van der Waals surface area contributed by atoms with E-state index in [0.29, 0.717) is 5.82 Å². The summed E-state index contributed by atoms with van der Waals surface area (Å²) in [7, 11) is 0. The summed E-state index contributed by atoms with van der Waals surface area (Å²) in [5, 5.41) is 1.17. The maximum absolute atomic E-state index is 5.99. The predicted molar refractivity (Wildman–Crippen MR) is 75.5 cm³/mol. The van der Waals surface area contributed by atoms with Crippen LogP contribution >= 0.6 is 11.5 Å². The second-order valence-corrected chi connectivity index (χ2v) is 4.54. The quantitative estimate of drug-likeness (QED) is 0.902. The molecule has 0 aliphatic heterocycles. The number of hydrogen-bond acceptors (Lipinski definition) is 4. The van der Waals surface area contributed by atoms with E-state index in [0.717, 1.165) is 24.2 Å². The van der Waals surface area contributed by atoms with Gasteiger partial charge in [0.2, 0.25) is 0 Å². The summed E-state index contributed by atoms with van der Waals surface area (Å²) >= 11 is 1.48. The molecule has 1 aromatic heterocycles. The van der Waals surface area contributed by atoms with Crippen molar-refractivity contribution in [3.8, 4) is 11.1 Å². The van der Waals surface area contributed by atoms with Gasteiger partial charge in [0.05, 0.1) is 5.56 Å². The Bertz CT molecular complexity index is 475. The minimum Gasteiger partial charge on any atom is -0.382 e. The van der Waals surface area contributed by atoms with Gasteiger partial charge in [-0.15, -0.1) is 0 Å². The van der Waals surface area contributed by atoms with Gasteiger partial charge in [0, 0.05) is 13.1 Å². The molecule has 4 heteroatoms. The molecule has 3 nitrogen and oxygen atoms in total. The van der Waals surface area contributed by atoms with Crippen LogP contribution in [0.4, 0.5) is 10.8 Å². The van der Waals surface area contributed by atoms with Crippen LogP contribution in [0.1, 0.15) is 13.8 Å². The number of aromatic nitrogens is 1. The van der Waals surface area contributed by atoms with Crippen molar-refractivity contribution in [2.75, 3.05) is 23.7 Å². The Hall–Kier alpha value is -1.55. The Morgan fingerprint density at radius 1 is 1.18 bits per heavy atom. The number of benzene rings is 1. The first-order valence-corrected chi connectivity index (χ1v) is 6.60. The highest BCUT2D eigenvalue weighted by molar-refractivity contribution is 7.11. The highest BCUT2D eigenvalue weighted by Crippen LogP contribution is 2.38. The smallest absolute Gasteiger partial charge is 0.147 e. The predicted octanol–water partition coefficient (Wildman–Crippen LogP) is 3.24. The van der Waals surface area contributed by atoms with Gasteiger partial charge in [0.15, 0.2) is 0 Å². The molecule has 2 rings (SSSR count). The van der Waals surface area contributed by atoms with Crippen molar-refractivity contribution in [3.05, 3.63) is 30.3 Å². The van der Waals surface area contributed by atoms with Crippen LogP contribution in [0.5, 0.6) is 0 Å². The molecule has 0 unspecified atom stereocenters. The summed E-state index contributed by atoms with van der Waals surface area (Å²) in [6, 6.07) is 10.2. The number of anilines is 2. The minimum atomic E-state index is 0.628. The van der Waals surface area contributed by atoms with E-state index in [2.05, 4.69) is 35.3 Å². The monoisotopic (exact) mass is 247 g/mol. The molecule has 0 saturated heterocycles. The van der Waals surface area contributed by atoms with E-state index in [-0.39, 0.29) is 0 Å². The van der Waals surface area contributed by atoms with Crippen LogP contribution in [-0.4, -0.2) is 17.5 Å². The van der Waals surface area contributed by atoms with E-state index < -0.39 is 0 Å². The average Bonchev–Trinajstić information content (AvgIpc) is 2.74. The van der Waals surface area contributed by atoms with Crippen LogP contribution in [0, 0.1) is 0 Å². The Morgan fingerprint density at radius 3 is 2.41 bits per heavy atom. The maximum Gasteiger partial charge on any atom is 0.147 e. The molecule has 90 valence electrons. The van der Waals surface area contributed by atoms with Gasteiger partial charge in [-0.2, -0.15) is 4.37 Å². The van der Waals surface area contributed by atoms with Gasteiger partial charge in [-0.25, -0.2) is 0 Å². The lowest BCUT2D eigenvalue weighted by molar-refractivity contribution is 0.877. The zero-order valence-electron chi connectivity index (χ0n) is 10.2. The number of nitrogens with two attached hydrogens (primary N) is 1. The summed E-state index contributed by atoms with van der Waals surface area (Å²) in [5.74, 6) is 0.628. The van der Waals surface area contributed by atoms with Crippen LogP contribution in [0.3, 0.4) is 0 Å². The van der Waals surface area contributed by atoms with Crippen LogP contribution in [0.2, 0.25) is 0 Å². The van der Waals surface area contributed by atoms with Crippen LogP contribution in [0.15, 0.2) is 30.3 Å². The van der Waals surface area contributed by atoms with Crippen molar-refractivity contribution >= 4 is 22.4 Å². The van der Waals surface area contributed by atoms with E-state index in [4.69, 9.17) is 5.73 Å². The first-order chi connectivity index (χ1) is 8.27. The first kappa shape index (κ1) is 11.9. The third kappa shape index (κ3) is 2.26. The molecule has 0 amide bonds. The van der Waals surface area contributed by atoms with Crippen molar-refractivity contribution in [1.29, 1.82) is 0 Å². The molecule has 0 aliphatic carbocycles. The van der Waals surface area contributed by atoms with E-state index in [1.54, 1.807) is 0 Å². The molecule has 17 heavy (non-hydrogen) atoms. The SMILES string of the molecule is CCN(CC)c1snc(N)c1-c1ccccc1. The van der Waals surface area contributed by atoms with Gasteiger partial charge < -0.3 is 10.6 Å². The summed E-state index contributed by atoms with van der Waals surface area (Å²) in [5.41, 5.74) is 8.20. The lowest BCUT2D eigenvalue weighted by Crippen LogP contribution is -2.21. The van der Waals surface area contributed by atoms with Gasteiger partial charge >= 0.3 is 0 Å². The molecule has 0 aliphatic rings. The molecule has 2 N–H and O–H groups in total. The topological polar surface area (TPSA) is 42.2 Å². The van der Waals surface area contributed by atoms with Gasteiger partial charge in [-0.1, -0.05) is 30.3 Å². The van der Waals surface area contributed by atoms with Crippen molar-refractivity contribution < 1.29 is 0 Å². The summed E-state index contributed by atoms with van der Waals surface area (Å²) in [4.78, 5) is 2.29. The molecular weight excluding hydrogens is 230 g/mol. The summed E-state index contributed by atoms with van der Waals surface area (Å²) in [6.07, 6.45) is 0. The Balaban J connectivity index is 2.50. The summed E-state index contributed by atoms with van der Waals surface area (Å²) < 4.78 is 4.29. The molecule has 0 radical (unpaired) electrons. The zero-order valence-corrected chi connectivity index (χ0v) is 11.0. The standard InChI is InChI=1S/C13H17N3S/c1-3-16(4-2)13-11(12(14)15-17-13)10-8-6-5-7-9-10/h5-9H,3-4H2,1-2H3,(H2,14,15). The highest BCUT2D eigenvalue weighted by Gasteiger charge is 2.16. The number of nitrogen functional groups attached to an aromatic ring is 1. The van der Waals surface area contributed by atoms with Crippen molar-refractivity contribution in [2.45, 2.75) is 13.8 Å². The highest BCUT2D eigenvalue weighted by atomic mass is 32.1. The van der Waals surface area contributed by atoms with Gasteiger partial charge in [-0.3, -0.25) is 0 Å². The molecule has 0 spiro atoms. The lowest BCUT2D eigenvalue weighted by atomic mass is 10.1. The van der Waals surface area contributed by atoms with Gasteiger partial charge in [-0.05, 0) is 30.9 Å². The second-order valence-electron chi connectivity index (χ2n) is 3.79. The van der Waals surface area contributed by atoms with E-state index in [1.165, 1.54) is 16.5 Å². The van der Waals surface area contributed by atoms with Crippen molar-refractivity contribution in [3.63, 3.8) is 0 Å². The molecule has 0 bridgehead atoms. The molecule has 0 atom stereocenters. The van der Waals surface area contributed by atoms with Gasteiger partial charge in [0.25, 0.3) is 0 Å². The fraction of sp³-hybridized carbons (Fsp3) is 0.308. The van der Waals surface area contributed by atoms with E-state index >= 15 is 0 Å². The average molecular weight is 247 g/mol. The molecule has 1 heterocycles. The van der Waals surface area contributed by atoms with Gasteiger partial charge in [0.1, 0.15) is 10.8 Å². The third-order valence-corrected chi connectivity index (χ3v) is 3.74. The van der Waals surface area contributed by atoms with Crippen LogP contribution < -0.4 is 10.6 Å². The van der Waals surface area contributed by atoms with Crippen molar-refractivity contribution in [2.24, 2.45) is 0 Å².